The number of benzene rings is 2. The van der Waals surface area contributed by atoms with Gasteiger partial charge in [-0.3, -0.25) is 25.0 Å². The summed E-state index contributed by atoms with van der Waals surface area (Å²) in [5.74, 6) is -2.23. The normalized spacial score (nSPS) is 19.1. The lowest BCUT2D eigenvalue weighted by Gasteiger charge is -2.18. The first-order valence-electron chi connectivity index (χ1n) is 9.83. The lowest BCUT2D eigenvalue weighted by molar-refractivity contribution is -0.385. The molecule has 13 heteroatoms. The molecule has 0 unspecified atom stereocenters. The van der Waals surface area contributed by atoms with E-state index in [1.807, 2.05) is 0 Å². The fraction of sp³-hybridized carbons (Fsp3) is 0.286. The Bertz CT molecular complexity index is 1100. The Balaban J connectivity index is 1.65. The zero-order chi connectivity index (χ0) is 24.8. The van der Waals surface area contributed by atoms with Gasteiger partial charge in [0.2, 0.25) is 6.29 Å². The molecule has 1 aliphatic heterocycles. The zero-order valence-electron chi connectivity index (χ0n) is 17.7. The summed E-state index contributed by atoms with van der Waals surface area (Å²) in [5, 5.41) is 21.5. The van der Waals surface area contributed by atoms with Gasteiger partial charge >= 0.3 is 17.9 Å². The molecule has 0 N–H and O–H groups in total. The molecule has 1 fully saturated rings. The first-order chi connectivity index (χ1) is 16.1. The van der Waals surface area contributed by atoms with Crippen molar-refractivity contribution in [1.29, 1.82) is 0 Å². The third kappa shape index (κ3) is 6.10. The molecule has 3 atom stereocenters. The van der Waals surface area contributed by atoms with E-state index >= 15 is 0 Å². The van der Waals surface area contributed by atoms with E-state index in [1.54, 1.807) is 0 Å². The van der Waals surface area contributed by atoms with Gasteiger partial charge in [-0.25, -0.2) is 9.59 Å². The van der Waals surface area contributed by atoms with Gasteiger partial charge in [0.25, 0.3) is 11.4 Å². The Hall–Kier alpha value is -4.39. The largest absolute Gasteiger partial charge is 0.459 e. The van der Waals surface area contributed by atoms with Gasteiger partial charge in [0.1, 0.15) is 18.8 Å². The number of hydrogen-bond donors (Lipinski definition) is 0. The first kappa shape index (κ1) is 24.3. The maximum absolute atomic E-state index is 12.5. The van der Waals surface area contributed by atoms with Gasteiger partial charge in [-0.15, -0.1) is 0 Å². The predicted molar refractivity (Wildman–Crippen MR) is 111 cm³/mol. The van der Waals surface area contributed by atoms with Gasteiger partial charge in [0, 0.05) is 31.2 Å². The molecule has 1 aliphatic rings. The number of nitrogens with zero attached hydrogens (tertiary/aromatic N) is 2. The van der Waals surface area contributed by atoms with Crippen LogP contribution in [-0.2, 0) is 23.7 Å². The Morgan fingerprint density at radius 3 is 1.85 bits per heavy atom. The Morgan fingerprint density at radius 2 is 1.38 bits per heavy atom. The standard InChI is InChI=1S/C21H18N2O11/c1-12(24)32-19-10-17(34-21(26)14-4-8-16(9-5-14)23(29)30)18(33-19)11-31-20(25)13-2-6-15(7-3-13)22(27)28/h2-9,17-19H,10-11H2,1H3/t17-,18+,19+/m1/s1. The van der Waals surface area contributed by atoms with Crippen molar-refractivity contribution in [2.24, 2.45) is 0 Å². The monoisotopic (exact) mass is 474 g/mol. The molecule has 0 radical (unpaired) electrons. The average Bonchev–Trinajstić information content (AvgIpc) is 3.17. The second-order valence-electron chi connectivity index (χ2n) is 7.10. The molecule has 178 valence electrons. The summed E-state index contributed by atoms with van der Waals surface area (Å²) in [7, 11) is 0. The van der Waals surface area contributed by atoms with E-state index < -0.39 is 46.3 Å². The van der Waals surface area contributed by atoms with Crippen LogP contribution in [-0.4, -0.2) is 52.9 Å². The SMILES string of the molecule is CC(=O)O[C@@H]1C[C@@H](OC(=O)c2ccc([N+](=O)[O-])cc2)[C@H](COC(=O)c2ccc([N+](=O)[O-])cc2)O1. The van der Waals surface area contributed by atoms with Crippen LogP contribution in [0, 0.1) is 20.2 Å². The summed E-state index contributed by atoms with van der Waals surface area (Å²) in [5.41, 5.74) is -0.299. The van der Waals surface area contributed by atoms with Crippen molar-refractivity contribution in [2.45, 2.75) is 31.8 Å². The summed E-state index contributed by atoms with van der Waals surface area (Å²) in [6, 6.07) is 9.49. The summed E-state index contributed by atoms with van der Waals surface area (Å²) >= 11 is 0. The number of rotatable bonds is 8. The van der Waals surface area contributed by atoms with E-state index in [1.165, 1.54) is 31.2 Å². The topological polar surface area (TPSA) is 174 Å². The van der Waals surface area contributed by atoms with Gasteiger partial charge in [0.05, 0.1) is 27.4 Å². The molecule has 3 rings (SSSR count). The van der Waals surface area contributed by atoms with Crippen molar-refractivity contribution < 1.29 is 43.2 Å². The highest BCUT2D eigenvalue weighted by molar-refractivity contribution is 5.90. The Morgan fingerprint density at radius 1 is 0.882 bits per heavy atom. The quantitative estimate of drug-likeness (QED) is 0.238. The maximum Gasteiger partial charge on any atom is 0.338 e. The molecule has 0 saturated carbocycles. The van der Waals surface area contributed by atoms with E-state index in [0.29, 0.717) is 0 Å². The Kier molecular flexibility index (Phi) is 7.48. The second-order valence-corrected chi connectivity index (χ2v) is 7.10. The van der Waals surface area contributed by atoms with E-state index in [4.69, 9.17) is 18.9 Å². The molecular formula is C21H18N2O11. The highest BCUT2D eigenvalue weighted by Crippen LogP contribution is 2.26. The van der Waals surface area contributed by atoms with E-state index in [-0.39, 0.29) is 35.5 Å². The van der Waals surface area contributed by atoms with Crippen LogP contribution >= 0.6 is 0 Å². The smallest absolute Gasteiger partial charge is 0.338 e. The lowest BCUT2D eigenvalue weighted by atomic mass is 10.1. The number of hydrogen-bond acceptors (Lipinski definition) is 11. The molecule has 34 heavy (non-hydrogen) atoms. The minimum Gasteiger partial charge on any atom is -0.459 e. The summed E-state index contributed by atoms with van der Waals surface area (Å²) in [6.07, 6.45) is -3.02. The number of esters is 3. The van der Waals surface area contributed by atoms with E-state index in [2.05, 4.69) is 0 Å². The van der Waals surface area contributed by atoms with Gasteiger partial charge < -0.3 is 18.9 Å². The minimum absolute atomic E-state index is 0.0297. The van der Waals surface area contributed by atoms with Crippen LogP contribution in [0.4, 0.5) is 11.4 Å². The summed E-state index contributed by atoms with van der Waals surface area (Å²) in [6.45, 7) is 0.801. The van der Waals surface area contributed by atoms with Crippen molar-refractivity contribution in [2.75, 3.05) is 6.61 Å². The Labute approximate surface area is 191 Å². The van der Waals surface area contributed by atoms with E-state index in [9.17, 15) is 34.6 Å². The molecule has 1 saturated heterocycles. The van der Waals surface area contributed by atoms with Crippen molar-refractivity contribution in [3.63, 3.8) is 0 Å². The molecule has 0 amide bonds. The van der Waals surface area contributed by atoms with Crippen LogP contribution in [0.5, 0.6) is 0 Å². The van der Waals surface area contributed by atoms with Gasteiger partial charge in [-0.05, 0) is 24.3 Å². The zero-order valence-corrected chi connectivity index (χ0v) is 17.7. The van der Waals surface area contributed by atoms with Crippen LogP contribution in [0.25, 0.3) is 0 Å². The minimum atomic E-state index is -1.05. The number of nitro groups is 2. The number of ether oxygens (including phenoxy) is 4. The molecule has 0 spiro atoms. The lowest BCUT2D eigenvalue weighted by Crippen LogP contribution is -2.32. The fourth-order valence-electron chi connectivity index (χ4n) is 3.10. The van der Waals surface area contributed by atoms with Crippen molar-refractivity contribution in [1.82, 2.24) is 0 Å². The van der Waals surface area contributed by atoms with Crippen LogP contribution in [0.2, 0.25) is 0 Å². The van der Waals surface area contributed by atoms with Gasteiger partial charge in [0.15, 0.2) is 0 Å². The van der Waals surface area contributed by atoms with Crippen molar-refractivity contribution in [3.8, 4) is 0 Å². The highest BCUT2D eigenvalue weighted by atomic mass is 16.7. The van der Waals surface area contributed by atoms with Crippen molar-refractivity contribution >= 4 is 29.3 Å². The molecule has 0 bridgehead atoms. The van der Waals surface area contributed by atoms with Crippen LogP contribution in [0.3, 0.4) is 0 Å². The third-order valence-corrected chi connectivity index (χ3v) is 4.73. The molecule has 2 aromatic carbocycles. The molecule has 13 nitrogen and oxygen atoms in total. The number of nitro benzene ring substituents is 2. The summed E-state index contributed by atoms with van der Waals surface area (Å²) in [4.78, 5) is 56.3. The number of carbonyl (C=O) groups is 3. The van der Waals surface area contributed by atoms with Gasteiger partial charge in [-0.1, -0.05) is 0 Å². The third-order valence-electron chi connectivity index (χ3n) is 4.73. The molecule has 2 aromatic rings. The highest BCUT2D eigenvalue weighted by Gasteiger charge is 2.40. The maximum atomic E-state index is 12.5. The first-order valence-corrected chi connectivity index (χ1v) is 9.83. The van der Waals surface area contributed by atoms with E-state index in [0.717, 1.165) is 24.3 Å². The fourth-order valence-corrected chi connectivity index (χ4v) is 3.10. The molecular weight excluding hydrogens is 456 g/mol. The number of non-ortho nitro benzene ring substituents is 2. The predicted octanol–water partition coefficient (Wildman–Crippen LogP) is 2.56. The van der Waals surface area contributed by atoms with Crippen LogP contribution in [0.15, 0.2) is 48.5 Å². The molecule has 0 aliphatic carbocycles. The molecule has 1 heterocycles. The number of carbonyl (C=O) groups excluding carboxylic acids is 3. The van der Waals surface area contributed by atoms with Crippen molar-refractivity contribution in [3.05, 3.63) is 79.9 Å². The summed E-state index contributed by atoms with van der Waals surface area (Å²) < 4.78 is 21.1. The second kappa shape index (κ2) is 10.5. The molecule has 0 aromatic heterocycles. The van der Waals surface area contributed by atoms with Crippen LogP contribution < -0.4 is 0 Å². The average molecular weight is 474 g/mol. The van der Waals surface area contributed by atoms with Gasteiger partial charge in [-0.2, -0.15) is 0 Å². The van der Waals surface area contributed by atoms with Crippen LogP contribution in [0.1, 0.15) is 34.1 Å².